The van der Waals surface area contributed by atoms with Gasteiger partial charge in [-0.1, -0.05) is 0 Å². The largest absolute Gasteiger partial charge is 0.490 e. The van der Waals surface area contributed by atoms with Crippen LogP contribution in [0.2, 0.25) is 0 Å². The zero-order valence-electron chi connectivity index (χ0n) is 18.4. The number of carboxylic acid groups (broad SMARTS) is 2. The molecule has 1 unspecified atom stereocenters. The number of fused-ring (bicyclic) bond motifs is 1. The smallest absolute Gasteiger partial charge is 0.475 e. The summed E-state index contributed by atoms with van der Waals surface area (Å²) < 4.78 is 67.8. The average molecular weight is 542 g/mol. The van der Waals surface area contributed by atoms with Crippen molar-refractivity contribution in [2.75, 3.05) is 6.54 Å². The van der Waals surface area contributed by atoms with Crippen LogP contribution < -0.4 is 0 Å². The van der Waals surface area contributed by atoms with E-state index in [2.05, 4.69) is 31.5 Å². The summed E-state index contributed by atoms with van der Waals surface area (Å²) >= 11 is 1.72. The van der Waals surface area contributed by atoms with Crippen LogP contribution in [0.5, 0.6) is 0 Å². The molecule has 0 radical (unpaired) electrons. The topological polar surface area (TPSA) is 126 Å². The lowest BCUT2D eigenvalue weighted by Gasteiger charge is -2.33. The van der Waals surface area contributed by atoms with Gasteiger partial charge in [-0.05, 0) is 13.0 Å². The molecular weight excluding hydrogens is 522 g/mol. The molecule has 0 spiro atoms. The maximum Gasteiger partial charge on any atom is 0.490 e. The fourth-order valence-electron chi connectivity index (χ4n) is 3.01. The van der Waals surface area contributed by atoms with Crippen LogP contribution in [-0.2, 0) is 29.2 Å². The molecule has 4 rings (SSSR count). The molecule has 0 aliphatic carbocycles. The van der Waals surface area contributed by atoms with Gasteiger partial charge in [-0.2, -0.15) is 31.4 Å². The van der Waals surface area contributed by atoms with Crippen LogP contribution >= 0.6 is 11.3 Å². The highest BCUT2D eigenvalue weighted by atomic mass is 32.1. The first-order valence-corrected chi connectivity index (χ1v) is 10.8. The average Bonchev–Trinajstić information content (AvgIpc) is 3.53. The molecule has 0 saturated carbocycles. The summed E-state index contributed by atoms with van der Waals surface area (Å²) in [6.45, 7) is 5.90. The lowest BCUT2D eigenvalue weighted by Crippen LogP contribution is -2.37. The number of carboxylic acids is 2. The molecule has 0 bridgehead atoms. The Bertz CT molecular complexity index is 1090. The molecule has 1 aliphatic heterocycles. The van der Waals surface area contributed by atoms with Crippen LogP contribution in [0.3, 0.4) is 0 Å². The molecule has 2 N–H and O–H groups in total. The molecular formula is C19H20F6N6O4S. The molecule has 36 heavy (non-hydrogen) atoms. The Morgan fingerprint density at radius 3 is 2.11 bits per heavy atom. The van der Waals surface area contributed by atoms with Gasteiger partial charge in [-0.25, -0.2) is 19.6 Å². The minimum Gasteiger partial charge on any atom is -0.475 e. The summed E-state index contributed by atoms with van der Waals surface area (Å²) in [5, 5.41) is 21.7. The number of halogens is 6. The standard InChI is InChI=1S/C15H18N6S.2C2HF3O2/c1-12-15-17-9-13(10-20-5-2-3-18-20)21(15)7-6-19(12)11-14-16-4-8-22-14;2*3-2(4,5)1(6)7/h2-5,8-9,12H,6-7,10-11H2,1H3;2*(H,6,7). The summed E-state index contributed by atoms with van der Waals surface area (Å²) in [4.78, 5) is 29.3. The Balaban J connectivity index is 0.000000271. The number of hydrogen-bond donors (Lipinski definition) is 2. The Hall–Kier alpha value is -3.47. The van der Waals surface area contributed by atoms with E-state index in [9.17, 15) is 26.3 Å². The minimum absolute atomic E-state index is 0.309. The molecule has 3 aromatic heterocycles. The highest BCUT2D eigenvalue weighted by Gasteiger charge is 2.38. The van der Waals surface area contributed by atoms with E-state index in [4.69, 9.17) is 19.8 Å². The molecule has 0 fully saturated rings. The van der Waals surface area contributed by atoms with Crippen LogP contribution in [0, 0.1) is 0 Å². The monoisotopic (exact) mass is 542 g/mol. The number of aliphatic carboxylic acids is 2. The van der Waals surface area contributed by atoms with E-state index >= 15 is 0 Å². The number of hydrogen-bond acceptors (Lipinski definition) is 7. The van der Waals surface area contributed by atoms with Gasteiger partial charge in [-0.3, -0.25) is 9.58 Å². The molecule has 4 heterocycles. The van der Waals surface area contributed by atoms with Gasteiger partial charge in [-0.15, -0.1) is 11.3 Å². The maximum absolute atomic E-state index is 10.6. The molecule has 17 heteroatoms. The second kappa shape index (κ2) is 12.0. The van der Waals surface area contributed by atoms with Crippen molar-refractivity contribution in [3.05, 3.63) is 52.8 Å². The van der Waals surface area contributed by atoms with Gasteiger partial charge in [0, 0.05) is 37.1 Å². The van der Waals surface area contributed by atoms with Crippen molar-refractivity contribution < 1.29 is 46.1 Å². The fraction of sp³-hybridized carbons (Fsp3) is 0.421. The van der Waals surface area contributed by atoms with Crippen molar-refractivity contribution in [3.63, 3.8) is 0 Å². The van der Waals surface area contributed by atoms with Gasteiger partial charge in [0.15, 0.2) is 0 Å². The molecule has 10 nitrogen and oxygen atoms in total. The molecule has 0 saturated heterocycles. The minimum atomic E-state index is -5.08. The number of nitrogens with zero attached hydrogens (tertiary/aromatic N) is 6. The highest BCUT2D eigenvalue weighted by Crippen LogP contribution is 2.27. The molecule has 1 atom stereocenters. The first kappa shape index (κ1) is 28.8. The van der Waals surface area contributed by atoms with Crippen molar-refractivity contribution in [1.29, 1.82) is 0 Å². The number of alkyl halides is 6. The van der Waals surface area contributed by atoms with Crippen molar-refractivity contribution in [2.24, 2.45) is 0 Å². The Morgan fingerprint density at radius 1 is 1.03 bits per heavy atom. The zero-order valence-corrected chi connectivity index (χ0v) is 19.3. The summed E-state index contributed by atoms with van der Waals surface area (Å²) in [6, 6.07) is 2.26. The summed E-state index contributed by atoms with van der Waals surface area (Å²) in [6.07, 6.45) is -2.51. The Kier molecular flexibility index (Phi) is 9.57. The molecule has 0 aromatic carbocycles. The van der Waals surface area contributed by atoms with E-state index in [1.807, 2.05) is 40.9 Å². The SMILES string of the molecule is CC1c2ncc(Cn3cccn3)n2CCN1Cc1nccs1.O=C(O)C(F)(F)F.O=C(O)C(F)(F)F. The van der Waals surface area contributed by atoms with Crippen LogP contribution in [0.15, 0.2) is 36.2 Å². The van der Waals surface area contributed by atoms with Crippen molar-refractivity contribution in [3.8, 4) is 0 Å². The third-order valence-corrected chi connectivity index (χ3v) is 5.46. The lowest BCUT2D eigenvalue weighted by molar-refractivity contribution is -0.193. The van der Waals surface area contributed by atoms with Gasteiger partial charge < -0.3 is 14.8 Å². The van der Waals surface area contributed by atoms with Gasteiger partial charge >= 0.3 is 24.3 Å². The van der Waals surface area contributed by atoms with Crippen molar-refractivity contribution in [1.82, 2.24) is 29.2 Å². The molecule has 3 aromatic rings. The third-order valence-electron chi connectivity index (χ3n) is 4.69. The quantitative estimate of drug-likeness (QED) is 0.481. The number of aromatic nitrogens is 5. The molecule has 0 amide bonds. The van der Waals surface area contributed by atoms with Gasteiger partial charge in [0.1, 0.15) is 10.8 Å². The van der Waals surface area contributed by atoms with Gasteiger partial charge in [0.05, 0.1) is 31.0 Å². The van der Waals surface area contributed by atoms with E-state index in [1.165, 1.54) is 10.7 Å². The molecule has 1 aliphatic rings. The number of rotatable bonds is 4. The number of imidazole rings is 1. The summed E-state index contributed by atoms with van der Waals surface area (Å²) in [5.41, 5.74) is 1.22. The second-order valence-corrected chi connectivity index (χ2v) is 8.12. The summed E-state index contributed by atoms with van der Waals surface area (Å²) in [5.74, 6) is -4.37. The van der Waals surface area contributed by atoms with E-state index in [0.717, 1.165) is 32.0 Å². The van der Waals surface area contributed by atoms with Crippen molar-refractivity contribution in [2.45, 2.75) is 45.0 Å². The van der Waals surface area contributed by atoms with E-state index in [-0.39, 0.29) is 0 Å². The van der Waals surface area contributed by atoms with Gasteiger partial charge in [0.25, 0.3) is 0 Å². The predicted octanol–water partition coefficient (Wildman–Crippen LogP) is 3.43. The number of carbonyl (C=O) groups is 2. The molecule has 198 valence electrons. The van der Waals surface area contributed by atoms with Crippen LogP contribution in [0.1, 0.15) is 29.5 Å². The van der Waals surface area contributed by atoms with Crippen LogP contribution in [-0.4, -0.2) is 70.3 Å². The third kappa shape index (κ3) is 8.33. The maximum atomic E-state index is 10.6. The van der Waals surface area contributed by atoms with E-state index in [0.29, 0.717) is 6.04 Å². The van der Waals surface area contributed by atoms with Crippen LogP contribution in [0.25, 0.3) is 0 Å². The second-order valence-electron chi connectivity index (χ2n) is 7.14. The normalized spacial score (nSPS) is 15.7. The van der Waals surface area contributed by atoms with Crippen molar-refractivity contribution >= 4 is 23.3 Å². The van der Waals surface area contributed by atoms with E-state index < -0.39 is 24.3 Å². The summed E-state index contributed by atoms with van der Waals surface area (Å²) in [7, 11) is 0. The highest BCUT2D eigenvalue weighted by molar-refractivity contribution is 7.09. The van der Waals surface area contributed by atoms with Crippen LogP contribution in [0.4, 0.5) is 26.3 Å². The lowest BCUT2D eigenvalue weighted by atomic mass is 10.2. The fourth-order valence-corrected chi connectivity index (χ4v) is 3.65. The first-order chi connectivity index (χ1) is 16.7. The Morgan fingerprint density at radius 2 is 1.64 bits per heavy atom. The van der Waals surface area contributed by atoms with E-state index in [1.54, 1.807) is 11.3 Å². The first-order valence-electron chi connectivity index (χ1n) is 9.94. The zero-order chi connectivity index (χ0) is 27.1. The van der Waals surface area contributed by atoms with Gasteiger partial charge in [0.2, 0.25) is 0 Å². The number of thiazole rings is 1. The Labute approximate surface area is 203 Å². The predicted molar refractivity (Wildman–Crippen MR) is 112 cm³/mol.